The second-order valence-electron chi connectivity index (χ2n) is 5.00. The standard InChI is InChI=1S/C14H17N5S2/c1-18-5-7-19(8-6-18)14(20)17-13-16-12(10-21-13)11-3-2-4-15-9-11/h2-4,9-10H,5-8H2,1H3,(H,16,17,20). The lowest BCUT2D eigenvalue weighted by molar-refractivity contribution is 0.217. The van der Waals surface area contributed by atoms with E-state index in [-0.39, 0.29) is 0 Å². The smallest absolute Gasteiger partial charge is 0.189 e. The molecule has 0 aromatic carbocycles. The van der Waals surface area contributed by atoms with Gasteiger partial charge in [-0.2, -0.15) is 0 Å². The van der Waals surface area contributed by atoms with Crippen molar-refractivity contribution in [2.45, 2.75) is 0 Å². The number of anilines is 1. The van der Waals surface area contributed by atoms with Crippen LogP contribution in [0.5, 0.6) is 0 Å². The Balaban J connectivity index is 1.63. The molecule has 1 aliphatic heterocycles. The van der Waals surface area contributed by atoms with Gasteiger partial charge in [0.2, 0.25) is 0 Å². The van der Waals surface area contributed by atoms with E-state index in [2.05, 4.69) is 32.1 Å². The van der Waals surface area contributed by atoms with Crippen molar-refractivity contribution >= 4 is 33.8 Å². The second-order valence-corrected chi connectivity index (χ2v) is 6.24. The molecule has 0 radical (unpaired) electrons. The molecule has 2 aromatic rings. The summed E-state index contributed by atoms with van der Waals surface area (Å²) in [5.74, 6) is 0. The third-order valence-corrected chi connectivity index (χ3v) is 4.58. The topological polar surface area (TPSA) is 44.3 Å². The van der Waals surface area contributed by atoms with Crippen molar-refractivity contribution in [1.82, 2.24) is 19.8 Å². The molecule has 0 amide bonds. The molecule has 0 atom stereocenters. The van der Waals surface area contributed by atoms with Gasteiger partial charge < -0.3 is 15.1 Å². The minimum Gasteiger partial charge on any atom is -0.346 e. The average molecular weight is 319 g/mol. The highest BCUT2D eigenvalue weighted by atomic mass is 32.1. The minimum absolute atomic E-state index is 0.759. The molecule has 0 unspecified atom stereocenters. The van der Waals surface area contributed by atoms with Crippen LogP contribution in [0.4, 0.5) is 5.13 Å². The Morgan fingerprint density at radius 2 is 2.14 bits per heavy atom. The van der Waals surface area contributed by atoms with Crippen LogP contribution >= 0.6 is 23.6 Å². The summed E-state index contributed by atoms with van der Waals surface area (Å²) in [5, 5.41) is 6.85. The molecule has 2 aromatic heterocycles. The van der Waals surface area contributed by atoms with Crippen LogP contribution in [0.2, 0.25) is 0 Å². The Morgan fingerprint density at radius 3 is 2.86 bits per heavy atom. The fourth-order valence-electron chi connectivity index (χ4n) is 2.16. The lowest BCUT2D eigenvalue weighted by atomic mass is 10.2. The quantitative estimate of drug-likeness (QED) is 0.856. The molecule has 0 bridgehead atoms. The minimum atomic E-state index is 0.759. The zero-order valence-electron chi connectivity index (χ0n) is 11.8. The molecule has 21 heavy (non-hydrogen) atoms. The van der Waals surface area contributed by atoms with E-state index >= 15 is 0 Å². The summed E-state index contributed by atoms with van der Waals surface area (Å²) in [6.45, 7) is 4.01. The normalized spacial score (nSPS) is 16.0. The molecule has 1 fully saturated rings. The van der Waals surface area contributed by atoms with Crippen molar-refractivity contribution in [1.29, 1.82) is 0 Å². The van der Waals surface area contributed by atoms with E-state index in [1.807, 2.05) is 23.7 Å². The number of nitrogens with one attached hydrogen (secondary N) is 1. The van der Waals surface area contributed by atoms with E-state index in [0.29, 0.717) is 0 Å². The molecule has 1 aliphatic rings. The maximum atomic E-state index is 5.47. The van der Waals surface area contributed by atoms with Crippen LogP contribution < -0.4 is 5.32 Å². The van der Waals surface area contributed by atoms with Gasteiger partial charge in [0.1, 0.15) is 0 Å². The van der Waals surface area contributed by atoms with Crippen molar-refractivity contribution < 1.29 is 0 Å². The monoisotopic (exact) mass is 319 g/mol. The average Bonchev–Trinajstić information content (AvgIpc) is 2.97. The first-order valence-corrected chi connectivity index (χ1v) is 8.11. The van der Waals surface area contributed by atoms with Crippen molar-refractivity contribution in [3.05, 3.63) is 29.9 Å². The summed E-state index contributed by atoms with van der Waals surface area (Å²) in [6, 6.07) is 3.92. The molecular formula is C14H17N5S2. The number of thiazole rings is 1. The van der Waals surface area contributed by atoms with Gasteiger partial charge >= 0.3 is 0 Å². The molecule has 1 saturated heterocycles. The zero-order chi connectivity index (χ0) is 14.7. The summed E-state index contributed by atoms with van der Waals surface area (Å²) in [6.07, 6.45) is 3.58. The number of pyridine rings is 1. The Hall–Kier alpha value is -1.57. The largest absolute Gasteiger partial charge is 0.346 e. The fourth-order valence-corrected chi connectivity index (χ4v) is 3.22. The molecule has 0 aliphatic carbocycles. The number of rotatable bonds is 2. The second kappa shape index (κ2) is 6.46. The molecule has 7 heteroatoms. The van der Waals surface area contributed by atoms with Gasteiger partial charge in [-0.1, -0.05) is 0 Å². The predicted molar refractivity (Wildman–Crippen MR) is 90.6 cm³/mol. The van der Waals surface area contributed by atoms with Crippen molar-refractivity contribution in [3.63, 3.8) is 0 Å². The summed E-state index contributed by atoms with van der Waals surface area (Å²) in [5.41, 5.74) is 1.95. The number of piperazine rings is 1. The van der Waals surface area contributed by atoms with E-state index in [4.69, 9.17) is 12.2 Å². The third-order valence-electron chi connectivity index (χ3n) is 3.47. The van der Waals surface area contributed by atoms with Gasteiger partial charge in [-0.25, -0.2) is 4.98 Å². The van der Waals surface area contributed by atoms with Crippen LogP contribution in [0.25, 0.3) is 11.3 Å². The highest BCUT2D eigenvalue weighted by Gasteiger charge is 2.17. The Bertz CT molecular complexity index is 605. The molecule has 0 saturated carbocycles. The maximum absolute atomic E-state index is 5.47. The fraction of sp³-hybridized carbons (Fsp3) is 0.357. The first kappa shape index (κ1) is 14.4. The molecular weight excluding hydrogens is 302 g/mol. The number of hydrogen-bond acceptors (Lipinski definition) is 5. The van der Waals surface area contributed by atoms with Crippen molar-refractivity contribution in [2.75, 3.05) is 38.5 Å². The number of aromatic nitrogens is 2. The molecule has 0 spiro atoms. The van der Waals surface area contributed by atoms with Crippen molar-refractivity contribution in [2.24, 2.45) is 0 Å². The van der Waals surface area contributed by atoms with Gasteiger partial charge in [0.25, 0.3) is 0 Å². The third kappa shape index (κ3) is 3.55. The van der Waals surface area contributed by atoms with E-state index in [1.165, 1.54) is 0 Å². The lowest BCUT2D eigenvalue weighted by Crippen LogP contribution is -2.48. The number of hydrogen-bond donors (Lipinski definition) is 1. The van der Waals surface area contributed by atoms with E-state index in [1.54, 1.807) is 17.5 Å². The summed E-state index contributed by atoms with van der Waals surface area (Å²) in [4.78, 5) is 13.2. The highest BCUT2D eigenvalue weighted by Crippen LogP contribution is 2.24. The van der Waals surface area contributed by atoms with Crippen LogP contribution in [0.15, 0.2) is 29.9 Å². The number of nitrogens with zero attached hydrogens (tertiary/aromatic N) is 4. The van der Waals surface area contributed by atoms with Gasteiger partial charge in [-0.15, -0.1) is 11.3 Å². The van der Waals surface area contributed by atoms with E-state index in [9.17, 15) is 0 Å². The lowest BCUT2D eigenvalue weighted by Gasteiger charge is -2.33. The SMILES string of the molecule is CN1CCN(C(=S)Nc2nc(-c3cccnc3)cs2)CC1. The van der Waals surface area contributed by atoms with E-state index in [0.717, 1.165) is 47.7 Å². The van der Waals surface area contributed by atoms with Gasteiger partial charge in [-0.05, 0) is 31.4 Å². The molecule has 3 heterocycles. The zero-order valence-corrected chi connectivity index (χ0v) is 13.5. The van der Waals surface area contributed by atoms with Crippen LogP contribution in [0.1, 0.15) is 0 Å². The summed E-state index contributed by atoms with van der Waals surface area (Å²) >= 11 is 7.03. The predicted octanol–water partition coefficient (Wildman–Crippen LogP) is 2.15. The first-order valence-electron chi connectivity index (χ1n) is 6.83. The van der Waals surface area contributed by atoms with Gasteiger partial charge in [-0.3, -0.25) is 4.98 Å². The van der Waals surface area contributed by atoms with Crippen LogP contribution in [0.3, 0.4) is 0 Å². The first-order chi connectivity index (χ1) is 10.2. The van der Waals surface area contributed by atoms with Crippen LogP contribution in [-0.2, 0) is 0 Å². The van der Waals surface area contributed by atoms with E-state index < -0.39 is 0 Å². The number of thiocarbonyl (C=S) groups is 1. The van der Waals surface area contributed by atoms with Gasteiger partial charge in [0.15, 0.2) is 10.2 Å². The molecule has 110 valence electrons. The Labute approximate surface area is 133 Å². The maximum Gasteiger partial charge on any atom is 0.189 e. The summed E-state index contributed by atoms with van der Waals surface area (Å²) < 4.78 is 0. The van der Waals surface area contributed by atoms with Crippen molar-refractivity contribution in [3.8, 4) is 11.3 Å². The van der Waals surface area contributed by atoms with Crippen LogP contribution in [0, 0.1) is 0 Å². The van der Waals surface area contributed by atoms with Crippen LogP contribution in [-0.4, -0.2) is 58.1 Å². The molecule has 3 rings (SSSR count). The van der Waals surface area contributed by atoms with Gasteiger partial charge in [0.05, 0.1) is 5.69 Å². The van der Waals surface area contributed by atoms with Gasteiger partial charge in [0, 0.05) is 49.5 Å². The Morgan fingerprint density at radius 1 is 1.33 bits per heavy atom. The number of likely N-dealkylation sites (N-methyl/N-ethyl adjacent to an activating group) is 1. The molecule has 5 nitrogen and oxygen atoms in total. The molecule has 1 N–H and O–H groups in total. The highest BCUT2D eigenvalue weighted by molar-refractivity contribution is 7.80. The summed E-state index contributed by atoms with van der Waals surface area (Å²) in [7, 11) is 2.13. The Kier molecular flexibility index (Phi) is 4.42.